The van der Waals surface area contributed by atoms with Crippen molar-refractivity contribution in [2.45, 2.75) is 58.8 Å². The lowest BCUT2D eigenvalue weighted by Crippen LogP contribution is -2.31. The Bertz CT molecular complexity index is 397. The van der Waals surface area contributed by atoms with E-state index in [-0.39, 0.29) is 0 Å². The van der Waals surface area contributed by atoms with Crippen molar-refractivity contribution in [3.8, 4) is 0 Å². The molecule has 1 aliphatic carbocycles. The molecule has 1 aromatic rings. The van der Waals surface area contributed by atoms with Crippen LogP contribution in [0.1, 0.15) is 63.5 Å². The van der Waals surface area contributed by atoms with E-state index in [0.29, 0.717) is 0 Å². The van der Waals surface area contributed by atoms with Gasteiger partial charge in [-0.2, -0.15) is 0 Å². The number of hydrogen-bond donors (Lipinski definition) is 1. The molecule has 1 aromatic carbocycles. The zero-order valence-electron chi connectivity index (χ0n) is 13.5. The van der Waals surface area contributed by atoms with E-state index in [1.165, 1.54) is 37.8 Å². The topological polar surface area (TPSA) is 12.0 Å². The minimum Gasteiger partial charge on any atom is -0.316 e. The van der Waals surface area contributed by atoms with Crippen LogP contribution >= 0.6 is 0 Å². The van der Waals surface area contributed by atoms with Crippen molar-refractivity contribution in [1.82, 2.24) is 5.32 Å². The minimum absolute atomic E-state index is 0.750. The van der Waals surface area contributed by atoms with E-state index in [9.17, 15) is 0 Å². The second kappa shape index (κ2) is 7.83. The number of rotatable bonds is 6. The van der Waals surface area contributed by atoms with Gasteiger partial charge in [-0.25, -0.2) is 0 Å². The molecule has 2 unspecified atom stereocenters. The van der Waals surface area contributed by atoms with Gasteiger partial charge in [0.25, 0.3) is 0 Å². The first-order chi connectivity index (χ1) is 9.70. The molecule has 2 rings (SSSR count). The smallest absolute Gasteiger partial charge is 0.00146 e. The molecule has 0 spiro atoms. The Labute approximate surface area is 125 Å². The van der Waals surface area contributed by atoms with E-state index in [2.05, 4.69) is 50.4 Å². The first-order valence-corrected chi connectivity index (χ1v) is 8.50. The van der Waals surface area contributed by atoms with Crippen LogP contribution in [0.3, 0.4) is 0 Å². The Hall–Kier alpha value is -0.820. The summed E-state index contributed by atoms with van der Waals surface area (Å²) in [5.41, 5.74) is 3.07. The third kappa shape index (κ3) is 4.34. The van der Waals surface area contributed by atoms with Crippen LogP contribution in [0.5, 0.6) is 0 Å². The highest BCUT2D eigenvalue weighted by atomic mass is 14.9. The maximum absolute atomic E-state index is 3.68. The maximum atomic E-state index is 3.68. The largest absolute Gasteiger partial charge is 0.316 e. The Balaban J connectivity index is 2.01. The van der Waals surface area contributed by atoms with Crippen LogP contribution in [-0.4, -0.2) is 13.1 Å². The van der Waals surface area contributed by atoms with Gasteiger partial charge in [0, 0.05) is 0 Å². The van der Waals surface area contributed by atoms with Crippen molar-refractivity contribution in [2.24, 2.45) is 11.8 Å². The Morgan fingerprint density at radius 1 is 1.20 bits per heavy atom. The molecule has 1 saturated carbocycles. The molecule has 0 amide bonds. The summed E-state index contributed by atoms with van der Waals surface area (Å²) >= 11 is 0. The molecule has 0 saturated heterocycles. The molecule has 20 heavy (non-hydrogen) atoms. The van der Waals surface area contributed by atoms with E-state index in [1.807, 2.05) is 0 Å². The summed E-state index contributed by atoms with van der Waals surface area (Å²) in [7, 11) is 0. The lowest BCUT2D eigenvalue weighted by Gasteiger charge is -2.32. The Morgan fingerprint density at radius 2 is 2.00 bits per heavy atom. The summed E-state index contributed by atoms with van der Waals surface area (Å²) in [6, 6.07) is 9.32. The molecule has 1 fully saturated rings. The molecule has 1 N–H and O–H groups in total. The van der Waals surface area contributed by atoms with Crippen LogP contribution in [0, 0.1) is 11.8 Å². The highest BCUT2D eigenvalue weighted by Crippen LogP contribution is 2.37. The molecule has 0 radical (unpaired) electrons. The highest BCUT2D eigenvalue weighted by Gasteiger charge is 2.26. The zero-order chi connectivity index (χ0) is 14.4. The first kappa shape index (κ1) is 15.6. The van der Waals surface area contributed by atoms with E-state index in [4.69, 9.17) is 0 Å². The molecule has 1 heteroatoms. The molecular formula is C19H31N. The predicted molar refractivity (Wildman–Crippen MR) is 88.2 cm³/mol. The number of benzene rings is 1. The van der Waals surface area contributed by atoms with Gasteiger partial charge in [0.05, 0.1) is 0 Å². The van der Waals surface area contributed by atoms with Gasteiger partial charge in [-0.3, -0.25) is 0 Å². The van der Waals surface area contributed by atoms with Crippen LogP contribution in [0.25, 0.3) is 0 Å². The summed E-state index contributed by atoms with van der Waals surface area (Å²) in [5, 5.41) is 3.68. The zero-order valence-corrected chi connectivity index (χ0v) is 13.5. The summed E-state index contributed by atoms with van der Waals surface area (Å²) in [5.74, 6) is 2.35. The van der Waals surface area contributed by atoms with E-state index >= 15 is 0 Å². The lowest BCUT2D eigenvalue weighted by molar-refractivity contribution is 0.292. The second-order valence-electron chi connectivity index (χ2n) is 6.80. The molecule has 1 aliphatic rings. The van der Waals surface area contributed by atoms with Gasteiger partial charge in [-0.05, 0) is 61.2 Å². The average Bonchev–Trinajstić information content (AvgIpc) is 2.47. The van der Waals surface area contributed by atoms with Crippen LogP contribution in [0.4, 0.5) is 0 Å². The van der Waals surface area contributed by atoms with Crippen LogP contribution in [0.15, 0.2) is 24.3 Å². The number of nitrogens with one attached hydrogen (secondary N) is 1. The maximum Gasteiger partial charge on any atom is -0.00146 e. The molecule has 1 nitrogen and oxygen atoms in total. The molecule has 112 valence electrons. The molecular weight excluding hydrogens is 242 g/mol. The Morgan fingerprint density at radius 3 is 2.75 bits per heavy atom. The predicted octanol–water partition coefficient (Wildman–Crippen LogP) is 4.77. The van der Waals surface area contributed by atoms with Crippen LogP contribution in [0.2, 0.25) is 0 Å². The average molecular weight is 273 g/mol. The van der Waals surface area contributed by atoms with E-state index in [0.717, 1.165) is 30.7 Å². The second-order valence-corrected chi connectivity index (χ2v) is 6.80. The monoisotopic (exact) mass is 273 g/mol. The van der Waals surface area contributed by atoms with Gasteiger partial charge in [0.2, 0.25) is 0 Å². The quantitative estimate of drug-likeness (QED) is 0.787. The summed E-state index contributed by atoms with van der Waals surface area (Å²) in [6.45, 7) is 9.17. The van der Waals surface area contributed by atoms with E-state index < -0.39 is 0 Å². The van der Waals surface area contributed by atoms with Gasteiger partial charge in [-0.1, -0.05) is 57.9 Å². The number of aryl methyl sites for hydroxylation is 1. The molecule has 0 bridgehead atoms. The van der Waals surface area contributed by atoms with Crippen molar-refractivity contribution >= 4 is 0 Å². The van der Waals surface area contributed by atoms with E-state index in [1.54, 1.807) is 5.56 Å². The lowest BCUT2D eigenvalue weighted by atomic mass is 9.75. The fourth-order valence-corrected chi connectivity index (χ4v) is 3.49. The summed E-state index contributed by atoms with van der Waals surface area (Å²) in [6.07, 6.45) is 6.74. The molecule has 0 aromatic heterocycles. The van der Waals surface area contributed by atoms with Crippen LogP contribution in [-0.2, 0) is 6.42 Å². The summed E-state index contributed by atoms with van der Waals surface area (Å²) in [4.78, 5) is 0. The number of hydrogen-bond acceptors (Lipinski definition) is 1. The first-order valence-electron chi connectivity index (χ1n) is 8.50. The van der Waals surface area contributed by atoms with Crippen molar-refractivity contribution in [3.63, 3.8) is 0 Å². The molecule has 2 atom stereocenters. The van der Waals surface area contributed by atoms with Crippen molar-refractivity contribution in [2.75, 3.05) is 13.1 Å². The summed E-state index contributed by atoms with van der Waals surface area (Å²) < 4.78 is 0. The van der Waals surface area contributed by atoms with Crippen molar-refractivity contribution in [3.05, 3.63) is 35.4 Å². The third-order valence-electron chi connectivity index (χ3n) is 4.66. The minimum atomic E-state index is 0.750. The molecule has 0 heterocycles. The van der Waals surface area contributed by atoms with Gasteiger partial charge in [0.15, 0.2) is 0 Å². The SMILES string of the molecule is CCc1cccc(C2CCCCC2CNCC(C)C)c1. The van der Waals surface area contributed by atoms with Crippen LogP contribution < -0.4 is 5.32 Å². The van der Waals surface area contributed by atoms with Crippen molar-refractivity contribution in [1.29, 1.82) is 0 Å². The van der Waals surface area contributed by atoms with Gasteiger partial charge < -0.3 is 5.32 Å². The van der Waals surface area contributed by atoms with Gasteiger partial charge in [-0.15, -0.1) is 0 Å². The van der Waals surface area contributed by atoms with Gasteiger partial charge in [0.1, 0.15) is 0 Å². The molecule has 0 aliphatic heterocycles. The highest BCUT2D eigenvalue weighted by molar-refractivity contribution is 5.27. The third-order valence-corrected chi connectivity index (χ3v) is 4.66. The standard InChI is InChI=1S/C19H31N/c1-4-16-8-7-10-17(12-16)19-11-6-5-9-18(19)14-20-13-15(2)3/h7-8,10,12,15,18-20H,4-6,9,11,13-14H2,1-3H3. The fraction of sp³-hybridized carbons (Fsp3) is 0.684. The Kier molecular flexibility index (Phi) is 6.09. The fourth-order valence-electron chi connectivity index (χ4n) is 3.49. The van der Waals surface area contributed by atoms with Crippen molar-refractivity contribution < 1.29 is 0 Å². The van der Waals surface area contributed by atoms with Gasteiger partial charge >= 0.3 is 0 Å². The normalized spacial score (nSPS) is 23.2.